The monoisotopic (exact) mass is 867 g/mol. The molecule has 2 aromatic heterocycles. The highest BCUT2D eigenvalue weighted by Crippen LogP contribution is 2.41. The molecule has 14 heteroatoms. The van der Waals surface area contributed by atoms with Crippen molar-refractivity contribution in [1.29, 1.82) is 5.26 Å². The van der Waals surface area contributed by atoms with Gasteiger partial charge in [0.2, 0.25) is 5.88 Å². The maximum Gasteiger partial charge on any atom is 0.274 e. The Morgan fingerprint density at radius 2 is 1.63 bits per heavy atom. The number of ether oxygens (including phenoxy) is 1. The summed E-state index contributed by atoms with van der Waals surface area (Å²) in [5.74, 6) is 0.0478. The minimum Gasteiger partial charge on any atom is -0.480 e. The van der Waals surface area contributed by atoms with Crippen LogP contribution in [0.15, 0.2) is 48.7 Å². The first-order valence-electron chi connectivity index (χ1n) is 20.9. The number of aromatic nitrogens is 3. The first-order valence-corrected chi connectivity index (χ1v) is 27.1. The average Bonchev–Trinajstić information content (AvgIpc) is 3.16. The van der Waals surface area contributed by atoms with E-state index >= 15 is 0 Å². The van der Waals surface area contributed by atoms with Gasteiger partial charge in [0.05, 0.1) is 47.1 Å². The first kappa shape index (κ1) is 45.5. The third-order valence-corrected chi connectivity index (χ3v) is 22.4. The van der Waals surface area contributed by atoms with Gasteiger partial charge in [-0.15, -0.1) is 0 Å². The van der Waals surface area contributed by atoms with Crippen molar-refractivity contribution < 1.29 is 18.4 Å². The summed E-state index contributed by atoms with van der Waals surface area (Å²) in [6, 6.07) is 15.1. The van der Waals surface area contributed by atoms with Gasteiger partial charge < -0.3 is 18.9 Å². The number of likely N-dealkylation sites (tertiary alicyclic amines) is 1. The van der Waals surface area contributed by atoms with Gasteiger partial charge in [-0.1, -0.05) is 83.5 Å². The lowest BCUT2D eigenvalue weighted by Gasteiger charge is -2.46. The predicted molar refractivity (Wildman–Crippen MR) is 246 cm³/mol. The van der Waals surface area contributed by atoms with Crippen LogP contribution < -0.4 is 10.1 Å². The van der Waals surface area contributed by atoms with E-state index in [1.165, 1.54) is 5.56 Å². The summed E-state index contributed by atoms with van der Waals surface area (Å²) < 4.78 is 18.8. The molecule has 1 saturated heterocycles. The number of aryl methyl sites for hydroxylation is 1. The number of carbonyl (C=O) groups is 1. The van der Waals surface area contributed by atoms with E-state index in [0.29, 0.717) is 64.4 Å². The summed E-state index contributed by atoms with van der Waals surface area (Å²) in [5, 5.41) is 14.2. The van der Waals surface area contributed by atoms with Gasteiger partial charge in [0, 0.05) is 62.6 Å². The molecule has 60 heavy (non-hydrogen) atoms. The van der Waals surface area contributed by atoms with Crippen molar-refractivity contribution in [3.8, 4) is 34.3 Å². The van der Waals surface area contributed by atoms with Crippen LogP contribution in [0.1, 0.15) is 80.1 Å². The number of amides is 1. The minimum absolute atomic E-state index is 0.154. The Morgan fingerprint density at radius 3 is 2.30 bits per heavy atom. The first-order chi connectivity index (χ1) is 28.1. The molecule has 0 atom stereocenters. The summed E-state index contributed by atoms with van der Waals surface area (Å²) in [7, 11) is -2.09. The van der Waals surface area contributed by atoms with E-state index in [9.17, 15) is 10.1 Å². The number of benzene rings is 2. The van der Waals surface area contributed by atoms with Crippen LogP contribution in [0.2, 0.25) is 41.3 Å². The summed E-state index contributed by atoms with van der Waals surface area (Å²) in [6.07, 6.45) is 2.80. The second-order valence-corrected chi connectivity index (χ2v) is 29.2. The lowest BCUT2D eigenvalue weighted by atomic mass is 9.96. The third-order valence-electron chi connectivity index (χ3n) is 13.0. The highest BCUT2D eigenvalue weighted by molar-refractivity contribution is 6.74. The second-order valence-electron chi connectivity index (χ2n) is 19.3. The van der Waals surface area contributed by atoms with Gasteiger partial charge in [-0.3, -0.25) is 19.6 Å². The number of hydrogen-bond acceptors (Lipinski definition) is 10. The van der Waals surface area contributed by atoms with E-state index in [1.54, 1.807) is 25.4 Å². The molecule has 320 valence electrons. The number of halogens is 1. The summed E-state index contributed by atoms with van der Waals surface area (Å²) >= 11 is 7.14. The third kappa shape index (κ3) is 9.86. The van der Waals surface area contributed by atoms with Gasteiger partial charge in [0.25, 0.3) is 5.91 Å². The molecular formula is C46H62ClN7O4Si2. The van der Waals surface area contributed by atoms with E-state index in [4.69, 9.17) is 40.1 Å². The quantitative estimate of drug-likeness (QED) is 0.130. The van der Waals surface area contributed by atoms with E-state index in [0.717, 1.165) is 49.6 Å². The molecule has 0 aliphatic carbocycles. The van der Waals surface area contributed by atoms with Crippen LogP contribution in [0.3, 0.4) is 0 Å². The van der Waals surface area contributed by atoms with Crippen LogP contribution in [0.5, 0.6) is 5.88 Å². The summed E-state index contributed by atoms with van der Waals surface area (Å²) in [5.41, 5.74) is 7.24. The van der Waals surface area contributed by atoms with E-state index in [1.807, 2.05) is 37.3 Å². The van der Waals surface area contributed by atoms with Crippen LogP contribution in [-0.2, 0) is 28.4 Å². The van der Waals surface area contributed by atoms with E-state index in [-0.39, 0.29) is 27.7 Å². The number of nitrogens with one attached hydrogen (secondary N) is 1. The van der Waals surface area contributed by atoms with Crippen LogP contribution in [0.4, 0.5) is 5.69 Å². The van der Waals surface area contributed by atoms with Crippen LogP contribution >= 0.6 is 11.6 Å². The standard InChI is InChI=1S/C46H62ClN7O4Si2/c1-30-23-38(50-40-28-53(20-19-32(30)40)21-22-57-59(9,10)45(2,3)4)43(55)51-37-18-14-15-33(36(37)24-48)34-16-13-17-35(42(34)47)39-25-49-41(44(52-39)56-8)29-54-26-31(27-54)58-60(11,12)46(5,6)7/h13-18,23,25,31H,19-22,26-29H2,1-12H3,(H,51,55). The van der Waals surface area contributed by atoms with Gasteiger partial charge in [0.1, 0.15) is 17.5 Å². The number of nitrogens with zero attached hydrogens (tertiary/aromatic N) is 6. The SMILES string of the molecule is COc1nc(-c2cccc(-c3cccc(NC(=O)c4cc(C)c5c(n4)CN(CCO[Si](C)(C)C(C)(C)C)CC5)c3C#N)c2Cl)cnc1CN1CC(O[Si](C)(C)C(C)(C)C)C1. The molecule has 11 nitrogen and oxygen atoms in total. The zero-order valence-corrected chi connectivity index (χ0v) is 40.3. The average molecular weight is 869 g/mol. The molecule has 0 bridgehead atoms. The molecule has 0 spiro atoms. The van der Waals surface area contributed by atoms with Crippen molar-refractivity contribution in [3.63, 3.8) is 0 Å². The second kappa shape index (κ2) is 17.8. The molecule has 0 saturated carbocycles. The molecule has 0 unspecified atom stereocenters. The van der Waals surface area contributed by atoms with Gasteiger partial charge >= 0.3 is 0 Å². The lowest BCUT2D eigenvalue weighted by Crippen LogP contribution is -2.57. The van der Waals surface area contributed by atoms with Gasteiger partial charge in [-0.25, -0.2) is 9.97 Å². The topological polar surface area (TPSA) is 126 Å². The zero-order valence-electron chi connectivity index (χ0n) is 37.5. The van der Waals surface area contributed by atoms with E-state index in [2.05, 4.69) is 88.9 Å². The number of methoxy groups -OCH3 is 1. The molecule has 2 aliphatic heterocycles. The predicted octanol–water partition coefficient (Wildman–Crippen LogP) is 9.89. The van der Waals surface area contributed by atoms with Gasteiger partial charge in [-0.05, 0) is 72.9 Å². The molecule has 1 fully saturated rings. The van der Waals surface area contributed by atoms with Crippen molar-refractivity contribution in [2.75, 3.05) is 45.2 Å². The van der Waals surface area contributed by atoms with Crippen molar-refractivity contribution in [2.24, 2.45) is 0 Å². The molecular weight excluding hydrogens is 806 g/mol. The Morgan fingerprint density at radius 1 is 0.967 bits per heavy atom. The number of pyridine rings is 1. The van der Waals surface area contributed by atoms with E-state index < -0.39 is 16.6 Å². The van der Waals surface area contributed by atoms with Crippen molar-refractivity contribution >= 4 is 39.8 Å². The lowest BCUT2D eigenvalue weighted by molar-refractivity contribution is 0.00441. The van der Waals surface area contributed by atoms with Crippen LogP contribution in [0, 0.1) is 18.3 Å². The Hall–Kier alpha value is -4.01. The molecule has 1 N–H and O–H groups in total. The summed E-state index contributed by atoms with van der Waals surface area (Å²) in [4.78, 5) is 32.9. The molecule has 2 aromatic carbocycles. The molecule has 2 aliphatic rings. The number of carbonyl (C=O) groups excluding carboxylic acids is 1. The van der Waals surface area contributed by atoms with Crippen LogP contribution in [0.25, 0.3) is 22.4 Å². The Balaban J connectivity index is 1.16. The Kier molecular flexibility index (Phi) is 13.5. The smallest absolute Gasteiger partial charge is 0.274 e. The number of nitriles is 1. The summed E-state index contributed by atoms with van der Waals surface area (Å²) in [6.45, 7) is 30.0. The van der Waals surface area contributed by atoms with Crippen molar-refractivity contribution in [3.05, 3.63) is 87.5 Å². The van der Waals surface area contributed by atoms with Gasteiger partial charge in [-0.2, -0.15) is 5.26 Å². The van der Waals surface area contributed by atoms with Crippen LogP contribution in [-0.4, -0.2) is 93.3 Å². The number of fused-ring (bicyclic) bond motifs is 1. The molecule has 4 aromatic rings. The zero-order chi connectivity index (χ0) is 43.8. The minimum atomic E-state index is -1.85. The number of anilines is 1. The van der Waals surface area contributed by atoms with Gasteiger partial charge in [0.15, 0.2) is 16.6 Å². The fraction of sp³-hybridized carbons (Fsp3) is 0.500. The Labute approximate surface area is 364 Å². The fourth-order valence-corrected chi connectivity index (χ4v) is 9.90. The van der Waals surface area contributed by atoms with Crippen molar-refractivity contribution in [2.45, 2.75) is 110 Å². The number of hydrogen-bond donors (Lipinski definition) is 1. The molecule has 1 amide bonds. The highest BCUT2D eigenvalue weighted by Gasteiger charge is 2.42. The molecule has 4 heterocycles. The normalized spacial score (nSPS) is 15.6. The molecule has 6 rings (SSSR count). The maximum absolute atomic E-state index is 13.8. The highest BCUT2D eigenvalue weighted by atomic mass is 35.5. The largest absolute Gasteiger partial charge is 0.480 e. The van der Waals surface area contributed by atoms with Crippen molar-refractivity contribution in [1.82, 2.24) is 24.8 Å². The number of rotatable bonds is 13. The fourth-order valence-electron chi connectivity index (χ4n) is 7.21. The molecule has 0 radical (unpaired) electrons. The Bertz CT molecular complexity index is 2280. The maximum atomic E-state index is 13.8.